The fraction of sp³-hybridized carbons (Fsp3) is 0.171. The standard InChI is InChI=1S/C41H32Cl2N6O7/c1-20(2)52-32-14-12-22(16-30(32)42)38-45-36(47-55-38)26-10-6-8-24-28(18-44-34(24)26)40(50)54-41(51)29-19-49(5)35-25(29)9-7-11-27(35)37-46-39(56-48-37)23-13-15-33(31(43)17-23)53-21(3)4/h6-21,44H,1-5H3. The van der Waals surface area contributed by atoms with E-state index in [9.17, 15) is 9.59 Å². The number of aromatic nitrogens is 6. The van der Waals surface area contributed by atoms with Crippen molar-refractivity contribution in [3.8, 4) is 57.2 Å². The second-order valence-corrected chi connectivity index (χ2v) is 14.2. The molecule has 56 heavy (non-hydrogen) atoms. The number of esters is 2. The minimum absolute atomic E-state index is 0.0398. The molecule has 4 aromatic heterocycles. The number of para-hydroxylation sites is 2. The van der Waals surface area contributed by atoms with Gasteiger partial charge in [0.15, 0.2) is 0 Å². The number of nitrogens with zero attached hydrogens (tertiary/aromatic N) is 5. The van der Waals surface area contributed by atoms with Gasteiger partial charge in [-0.15, -0.1) is 0 Å². The lowest BCUT2D eigenvalue weighted by Crippen LogP contribution is -2.12. The van der Waals surface area contributed by atoms with Crippen LogP contribution in [0.2, 0.25) is 10.0 Å². The fourth-order valence-corrected chi connectivity index (χ4v) is 6.83. The topological polar surface area (TPSA) is 160 Å². The van der Waals surface area contributed by atoms with Crippen molar-refractivity contribution in [3.05, 3.63) is 106 Å². The fourth-order valence-electron chi connectivity index (χ4n) is 6.38. The van der Waals surface area contributed by atoms with E-state index in [4.69, 9.17) is 46.5 Å². The number of halogens is 2. The maximum Gasteiger partial charge on any atom is 0.348 e. The Bertz CT molecular complexity index is 2800. The molecule has 8 rings (SSSR count). The van der Waals surface area contributed by atoms with Crippen LogP contribution in [0.5, 0.6) is 11.5 Å². The predicted molar refractivity (Wildman–Crippen MR) is 210 cm³/mol. The predicted octanol–water partition coefficient (Wildman–Crippen LogP) is 9.97. The Kier molecular flexibility index (Phi) is 9.56. The van der Waals surface area contributed by atoms with Crippen molar-refractivity contribution < 1.29 is 32.8 Å². The highest BCUT2D eigenvalue weighted by Gasteiger charge is 2.25. The Balaban J connectivity index is 1.03. The van der Waals surface area contributed by atoms with Gasteiger partial charge in [-0.1, -0.05) is 57.8 Å². The van der Waals surface area contributed by atoms with Gasteiger partial charge in [-0.25, -0.2) is 9.59 Å². The van der Waals surface area contributed by atoms with Crippen LogP contribution in [0.15, 0.2) is 94.2 Å². The molecule has 282 valence electrons. The summed E-state index contributed by atoms with van der Waals surface area (Å²) in [5.41, 5.74) is 3.91. The lowest BCUT2D eigenvalue weighted by molar-refractivity contribution is 0.0400. The second-order valence-electron chi connectivity index (χ2n) is 13.4. The monoisotopic (exact) mass is 790 g/mol. The van der Waals surface area contributed by atoms with Gasteiger partial charge in [-0.3, -0.25) is 0 Å². The van der Waals surface area contributed by atoms with E-state index >= 15 is 0 Å². The molecule has 15 heteroatoms. The van der Waals surface area contributed by atoms with Crippen LogP contribution >= 0.6 is 23.2 Å². The van der Waals surface area contributed by atoms with Gasteiger partial charge in [0.05, 0.1) is 44.4 Å². The number of hydrogen-bond acceptors (Lipinski definition) is 11. The van der Waals surface area contributed by atoms with E-state index in [0.29, 0.717) is 71.4 Å². The van der Waals surface area contributed by atoms with Crippen LogP contribution in [0, 0.1) is 0 Å². The third kappa shape index (κ3) is 6.86. The summed E-state index contributed by atoms with van der Waals surface area (Å²) in [6, 6.07) is 21.0. The normalized spacial score (nSPS) is 11.6. The molecule has 0 spiro atoms. The lowest BCUT2D eigenvalue weighted by atomic mass is 10.1. The highest BCUT2D eigenvalue weighted by atomic mass is 35.5. The van der Waals surface area contributed by atoms with E-state index in [1.807, 2.05) is 33.8 Å². The summed E-state index contributed by atoms with van der Waals surface area (Å²) in [6.07, 6.45) is 2.99. The molecule has 0 aliphatic heterocycles. The largest absolute Gasteiger partial charge is 0.489 e. The number of aryl methyl sites for hydroxylation is 1. The number of carbonyl (C=O) groups excluding carboxylic acids is 2. The van der Waals surface area contributed by atoms with Gasteiger partial charge in [0.25, 0.3) is 11.8 Å². The molecule has 0 aliphatic carbocycles. The molecule has 4 heterocycles. The second kappa shape index (κ2) is 14.7. The molecule has 0 radical (unpaired) electrons. The quantitative estimate of drug-likeness (QED) is 0.104. The van der Waals surface area contributed by atoms with Gasteiger partial charge in [0.2, 0.25) is 11.6 Å². The van der Waals surface area contributed by atoms with Crippen LogP contribution < -0.4 is 9.47 Å². The van der Waals surface area contributed by atoms with Crippen LogP contribution in [0.25, 0.3) is 67.5 Å². The Morgan fingerprint density at radius 3 is 1.82 bits per heavy atom. The van der Waals surface area contributed by atoms with E-state index in [1.54, 1.807) is 84.5 Å². The number of hydrogen-bond donors (Lipinski definition) is 1. The van der Waals surface area contributed by atoms with Crippen molar-refractivity contribution in [1.29, 1.82) is 0 Å². The summed E-state index contributed by atoms with van der Waals surface area (Å²) >= 11 is 12.9. The van der Waals surface area contributed by atoms with Gasteiger partial charge in [-0.05, 0) is 76.2 Å². The molecular formula is C41H32Cl2N6O7. The van der Waals surface area contributed by atoms with E-state index in [-0.39, 0.29) is 40.9 Å². The number of rotatable bonds is 10. The van der Waals surface area contributed by atoms with Crippen molar-refractivity contribution in [1.82, 2.24) is 29.8 Å². The SMILES string of the molecule is CC(C)Oc1ccc(-c2nc(-c3cccc4c(C(=O)OC(=O)c5cn(C)c6c(-c7noc(-c8ccc(OC(C)C)c(Cl)c8)n7)cccc56)c[nH]c34)no2)cc1Cl. The number of benzene rings is 4. The molecule has 0 fully saturated rings. The Morgan fingerprint density at radius 1 is 0.714 bits per heavy atom. The lowest BCUT2D eigenvalue weighted by Gasteiger charge is -2.11. The molecule has 0 unspecified atom stereocenters. The summed E-state index contributed by atoms with van der Waals surface area (Å²) in [4.78, 5) is 39.4. The maximum atomic E-state index is 13.6. The van der Waals surface area contributed by atoms with E-state index in [0.717, 1.165) is 0 Å². The molecule has 8 aromatic rings. The molecule has 0 aliphatic rings. The van der Waals surface area contributed by atoms with Crippen molar-refractivity contribution in [3.63, 3.8) is 0 Å². The molecule has 0 atom stereocenters. The molecule has 13 nitrogen and oxygen atoms in total. The third-order valence-electron chi connectivity index (χ3n) is 8.76. The molecule has 4 aromatic carbocycles. The summed E-state index contributed by atoms with van der Waals surface area (Å²) in [6.45, 7) is 7.66. The highest BCUT2D eigenvalue weighted by Crippen LogP contribution is 2.36. The number of ether oxygens (including phenoxy) is 3. The molecule has 0 amide bonds. The van der Waals surface area contributed by atoms with E-state index in [1.165, 1.54) is 6.20 Å². The first-order valence-electron chi connectivity index (χ1n) is 17.5. The van der Waals surface area contributed by atoms with Crippen molar-refractivity contribution in [2.75, 3.05) is 0 Å². The molecule has 0 bridgehead atoms. The summed E-state index contributed by atoms with van der Waals surface area (Å²) in [7, 11) is 1.77. The van der Waals surface area contributed by atoms with Crippen LogP contribution in [0.4, 0.5) is 0 Å². The number of aromatic amines is 1. The first-order valence-corrected chi connectivity index (χ1v) is 18.3. The smallest absolute Gasteiger partial charge is 0.348 e. The minimum Gasteiger partial charge on any atom is -0.489 e. The maximum absolute atomic E-state index is 13.6. The van der Waals surface area contributed by atoms with Gasteiger partial charge < -0.3 is 32.8 Å². The Labute approximate surface area is 329 Å². The number of H-pyrrole nitrogens is 1. The zero-order valence-electron chi connectivity index (χ0n) is 30.6. The minimum atomic E-state index is -0.843. The van der Waals surface area contributed by atoms with Crippen LogP contribution in [-0.4, -0.2) is 54.0 Å². The average molecular weight is 792 g/mol. The first kappa shape index (κ1) is 36.5. The summed E-state index contributed by atoms with van der Waals surface area (Å²) in [5.74, 6) is 0.491. The van der Waals surface area contributed by atoms with Crippen molar-refractivity contribution in [2.24, 2.45) is 7.05 Å². The highest BCUT2D eigenvalue weighted by molar-refractivity contribution is 6.32. The summed E-state index contributed by atoms with van der Waals surface area (Å²) < 4.78 is 29.8. The first-order chi connectivity index (χ1) is 26.9. The average Bonchev–Trinajstić information content (AvgIpc) is 3.99. The molecule has 0 saturated carbocycles. The zero-order valence-corrected chi connectivity index (χ0v) is 32.1. The van der Waals surface area contributed by atoms with Crippen LogP contribution in [0.3, 0.4) is 0 Å². The van der Waals surface area contributed by atoms with Gasteiger partial charge >= 0.3 is 11.9 Å². The molecule has 0 saturated heterocycles. The third-order valence-corrected chi connectivity index (χ3v) is 9.35. The molecule has 1 N–H and O–H groups in total. The van der Waals surface area contributed by atoms with Crippen LogP contribution in [-0.2, 0) is 11.8 Å². The molecular weight excluding hydrogens is 759 g/mol. The zero-order chi connectivity index (χ0) is 39.2. The summed E-state index contributed by atoms with van der Waals surface area (Å²) in [5, 5.41) is 10.2. The van der Waals surface area contributed by atoms with Crippen molar-refractivity contribution >= 4 is 56.9 Å². The number of nitrogens with one attached hydrogen (secondary N) is 1. The van der Waals surface area contributed by atoms with Gasteiger partial charge in [0.1, 0.15) is 11.5 Å². The van der Waals surface area contributed by atoms with E-state index in [2.05, 4.69) is 25.3 Å². The number of carbonyl (C=O) groups is 2. The Hall–Kier alpha value is -6.44. The van der Waals surface area contributed by atoms with Gasteiger partial charge in [0, 0.05) is 52.5 Å². The van der Waals surface area contributed by atoms with E-state index < -0.39 is 11.9 Å². The number of fused-ring (bicyclic) bond motifs is 2. The van der Waals surface area contributed by atoms with Crippen molar-refractivity contribution in [2.45, 2.75) is 39.9 Å². The Morgan fingerprint density at radius 2 is 1.25 bits per heavy atom. The van der Waals surface area contributed by atoms with Gasteiger partial charge in [-0.2, -0.15) is 9.97 Å². The van der Waals surface area contributed by atoms with Crippen LogP contribution in [0.1, 0.15) is 48.4 Å².